The molecule has 174 valence electrons. The summed E-state index contributed by atoms with van der Waals surface area (Å²) in [5.41, 5.74) is 0. The Balaban J connectivity index is 1.47. The fourth-order valence-electron chi connectivity index (χ4n) is 3.67. The molecule has 2 aromatic rings. The predicted octanol–water partition coefficient (Wildman–Crippen LogP) is 0.835. The van der Waals surface area contributed by atoms with Crippen LogP contribution in [0.3, 0.4) is 0 Å². The van der Waals surface area contributed by atoms with Gasteiger partial charge in [-0.2, -0.15) is 0 Å². The zero-order valence-corrected chi connectivity index (χ0v) is 18.0. The number of nitrogens with zero attached hydrogens (tertiary/aromatic N) is 4. The lowest BCUT2D eigenvalue weighted by molar-refractivity contribution is -0.310. The predicted molar refractivity (Wildman–Crippen MR) is 111 cm³/mol. The Labute approximate surface area is 182 Å². The van der Waals surface area contributed by atoms with Crippen LogP contribution in [0.4, 0.5) is 0 Å². The molecule has 3 rings (SSSR count). The summed E-state index contributed by atoms with van der Waals surface area (Å²) in [5, 5.41) is 20.3. The van der Waals surface area contributed by atoms with Crippen molar-refractivity contribution in [2.75, 3.05) is 26.9 Å². The van der Waals surface area contributed by atoms with E-state index in [2.05, 4.69) is 9.97 Å². The van der Waals surface area contributed by atoms with Crippen LogP contribution in [0.25, 0.3) is 0 Å². The van der Waals surface area contributed by atoms with Crippen LogP contribution in [0.2, 0.25) is 0 Å². The minimum Gasteiger partial charge on any atom is -0.394 e. The first-order valence-corrected chi connectivity index (χ1v) is 10.8. The van der Waals surface area contributed by atoms with Crippen molar-refractivity contribution in [2.24, 2.45) is 0 Å². The standard InChI is InChI=1S/C21H34N4O6/c1-28-21-20(30-13-5-3-9-25-11-7-23-16-25)19(18(27)17(14-26)31-21)29-12-4-2-8-24-10-6-22-15-24/h6-7,10-11,15-21,26-27H,2-5,8-9,12-14H2,1H3/t17-,18-,19+,20-,21+/m1/s1. The molecular formula is C21H34N4O6. The van der Waals surface area contributed by atoms with Gasteiger partial charge in [0.05, 0.1) is 19.3 Å². The van der Waals surface area contributed by atoms with Gasteiger partial charge in [-0.05, 0) is 25.7 Å². The molecule has 0 bridgehead atoms. The average molecular weight is 439 g/mol. The highest BCUT2D eigenvalue weighted by Crippen LogP contribution is 2.27. The molecule has 1 aliphatic rings. The highest BCUT2D eigenvalue weighted by molar-refractivity contribution is 4.91. The van der Waals surface area contributed by atoms with Crippen LogP contribution in [-0.4, -0.2) is 87.0 Å². The second kappa shape index (κ2) is 12.9. The monoisotopic (exact) mass is 438 g/mol. The van der Waals surface area contributed by atoms with Crippen LogP contribution in [0, 0.1) is 0 Å². The van der Waals surface area contributed by atoms with E-state index >= 15 is 0 Å². The van der Waals surface area contributed by atoms with Gasteiger partial charge >= 0.3 is 0 Å². The zero-order chi connectivity index (χ0) is 21.9. The Bertz CT molecular complexity index is 699. The van der Waals surface area contributed by atoms with Crippen LogP contribution in [0.1, 0.15) is 25.7 Å². The third-order valence-electron chi connectivity index (χ3n) is 5.39. The van der Waals surface area contributed by atoms with Crippen LogP contribution in [0.15, 0.2) is 37.4 Å². The first-order chi connectivity index (χ1) is 15.2. The molecule has 31 heavy (non-hydrogen) atoms. The molecule has 0 radical (unpaired) electrons. The van der Waals surface area contributed by atoms with Gasteiger partial charge in [0.2, 0.25) is 0 Å². The first-order valence-electron chi connectivity index (χ1n) is 10.8. The summed E-state index contributed by atoms with van der Waals surface area (Å²) in [4.78, 5) is 8.07. The zero-order valence-electron chi connectivity index (χ0n) is 18.0. The fourth-order valence-corrected chi connectivity index (χ4v) is 3.67. The molecular weight excluding hydrogens is 404 g/mol. The lowest BCUT2D eigenvalue weighted by Crippen LogP contribution is -2.60. The van der Waals surface area contributed by atoms with Crippen LogP contribution < -0.4 is 0 Å². The Morgan fingerprint density at radius 1 is 0.903 bits per heavy atom. The van der Waals surface area contributed by atoms with Gasteiger partial charge in [-0.1, -0.05) is 0 Å². The molecule has 10 heteroatoms. The summed E-state index contributed by atoms with van der Waals surface area (Å²) in [6, 6.07) is 0. The highest BCUT2D eigenvalue weighted by Gasteiger charge is 2.46. The van der Waals surface area contributed by atoms with Crippen LogP contribution in [0.5, 0.6) is 0 Å². The maximum absolute atomic E-state index is 10.7. The van der Waals surface area contributed by atoms with Gasteiger partial charge in [0.25, 0.3) is 0 Å². The number of ether oxygens (including phenoxy) is 4. The number of aliphatic hydroxyl groups excluding tert-OH is 2. The molecule has 0 spiro atoms. The van der Waals surface area contributed by atoms with E-state index in [1.54, 1.807) is 25.0 Å². The molecule has 0 aromatic carbocycles. The molecule has 0 aliphatic carbocycles. The van der Waals surface area contributed by atoms with Crippen molar-refractivity contribution in [1.82, 2.24) is 19.1 Å². The smallest absolute Gasteiger partial charge is 0.186 e. The van der Waals surface area contributed by atoms with E-state index in [-0.39, 0.29) is 6.61 Å². The van der Waals surface area contributed by atoms with Gasteiger partial charge < -0.3 is 38.3 Å². The Morgan fingerprint density at radius 2 is 1.48 bits per heavy atom. The third kappa shape index (κ3) is 7.09. The lowest BCUT2D eigenvalue weighted by Gasteiger charge is -2.43. The number of aromatic nitrogens is 4. The van der Waals surface area contributed by atoms with Crippen molar-refractivity contribution >= 4 is 0 Å². The second-order valence-electron chi connectivity index (χ2n) is 7.64. The van der Waals surface area contributed by atoms with Crippen molar-refractivity contribution in [3.05, 3.63) is 37.4 Å². The lowest BCUT2D eigenvalue weighted by atomic mass is 9.98. The summed E-state index contributed by atoms with van der Waals surface area (Å²) >= 11 is 0. The van der Waals surface area contributed by atoms with Gasteiger partial charge in [-0.3, -0.25) is 0 Å². The maximum Gasteiger partial charge on any atom is 0.186 e. The van der Waals surface area contributed by atoms with E-state index in [1.165, 1.54) is 7.11 Å². The maximum atomic E-state index is 10.7. The van der Waals surface area contributed by atoms with Crippen molar-refractivity contribution in [3.63, 3.8) is 0 Å². The van der Waals surface area contributed by atoms with E-state index in [0.717, 1.165) is 38.8 Å². The van der Waals surface area contributed by atoms with Gasteiger partial charge in [-0.15, -0.1) is 0 Å². The highest BCUT2D eigenvalue weighted by atomic mass is 16.7. The molecule has 2 N–H and O–H groups in total. The van der Waals surface area contributed by atoms with E-state index in [4.69, 9.17) is 18.9 Å². The average Bonchev–Trinajstić information content (AvgIpc) is 3.49. The summed E-state index contributed by atoms with van der Waals surface area (Å²) in [6.45, 7) is 2.35. The molecule has 0 unspecified atom stereocenters. The van der Waals surface area contributed by atoms with E-state index in [1.807, 2.05) is 21.5 Å². The van der Waals surface area contributed by atoms with Gasteiger partial charge in [-0.25, -0.2) is 9.97 Å². The SMILES string of the molecule is CO[C@H]1O[C@H](CO)[C@@H](O)[C@H](OCCCCn2ccnc2)[C@H]1OCCCCn1ccnc1. The molecule has 5 atom stereocenters. The molecule has 10 nitrogen and oxygen atoms in total. The number of methoxy groups -OCH3 is 1. The van der Waals surface area contributed by atoms with Crippen molar-refractivity contribution in [1.29, 1.82) is 0 Å². The summed E-state index contributed by atoms with van der Waals surface area (Å²) < 4.78 is 27.2. The molecule has 1 saturated heterocycles. The van der Waals surface area contributed by atoms with E-state index in [0.29, 0.717) is 13.2 Å². The minimum absolute atomic E-state index is 0.320. The molecule has 0 saturated carbocycles. The number of hydrogen-bond donors (Lipinski definition) is 2. The molecule has 3 heterocycles. The molecule has 2 aromatic heterocycles. The topological polar surface area (TPSA) is 113 Å². The van der Waals surface area contributed by atoms with Crippen molar-refractivity contribution in [2.45, 2.75) is 69.5 Å². The van der Waals surface area contributed by atoms with E-state index < -0.39 is 30.7 Å². The summed E-state index contributed by atoms with van der Waals surface area (Å²) in [7, 11) is 1.52. The first kappa shape index (κ1) is 23.8. The van der Waals surface area contributed by atoms with Gasteiger partial charge in [0.1, 0.15) is 24.4 Å². The number of rotatable bonds is 14. The number of hydrogen-bond acceptors (Lipinski definition) is 8. The summed E-state index contributed by atoms with van der Waals surface area (Å²) in [5.74, 6) is 0. The Hall–Kier alpha value is -1.82. The number of imidazole rings is 2. The third-order valence-corrected chi connectivity index (χ3v) is 5.39. The minimum atomic E-state index is -0.999. The normalized spacial score (nSPS) is 26.4. The van der Waals surface area contributed by atoms with Crippen LogP contribution >= 0.6 is 0 Å². The molecule has 0 amide bonds. The molecule has 1 aliphatic heterocycles. The second-order valence-corrected chi connectivity index (χ2v) is 7.64. The largest absolute Gasteiger partial charge is 0.394 e. The fraction of sp³-hybridized carbons (Fsp3) is 0.714. The number of aliphatic hydroxyl groups is 2. The Kier molecular flexibility index (Phi) is 9.91. The number of aryl methyl sites for hydroxylation is 2. The van der Waals surface area contributed by atoms with E-state index in [9.17, 15) is 10.2 Å². The molecule has 1 fully saturated rings. The summed E-state index contributed by atoms with van der Waals surface area (Å²) in [6.07, 6.45) is 10.7. The van der Waals surface area contributed by atoms with Gasteiger partial charge in [0, 0.05) is 58.2 Å². The quantitative estimate of drug-likeness (QED) is 0.417. The van der Waals surface area contributed by atoms with Crippen LogP contribution in [-0.2, 0) is 32.0 Å². The van der Waals surface area contributed by atoms with Crippen molar-refractivity contribution < 1.29 is 29.2 Å². The Morgan fingerprint density at radius 3 is 1.97 bits per heavy atom. The van der Waals surface area contributed by atoms with Crippen molar-refractivity contribution in [3.8, 4) is 0 Å². The number of unbranched alkanes of at least 4 members (excludes halogenated alkanes) is 2. The van der Waals surface area contributed by atoms with Gasteiger partial charge in [0.15, 0.2) is 6.29 Å².